The van der Waals surface area contributed by atoms with Gasteiger partial charge in [-0.1, -0.05) is 12.1 Å². The molecule has 0 aromatic heterocycles. The maximum atomic E-state index is 11.4. The van der Waals surface area contributed by atoms with Crippen LogP contribution < -0.4 is 5.32 Å². The van der Waals surface area contributed by atoms with E-state index in [1.807, 2.05) is 36.6 Å². The first-order valence-electron chi connectivity index (χ1n) is 6.28. The van der Waals surface area contributed by atoms with E-state index >= 15 is 0 Å². The molecule has 0 fully saturated rings. The molecule has 1 aromatic rings. The van der Waals surface area contributed by atoms with E-state index in [1.54, 1.807) is 17.8 Å². The molecule has 5 nitrogen and oxygen atoms in total. The van der Waals surface area contributed by atoms with Gasteiger partial charge in [0.15, 0.2) is 6.61 Å². The van der Waals surface area contributed by atoms with E-state index < -0.39 is 11.9 Å². The Morgan fingerprint density at radius 1 is 1.38 bits per heavy atom. The summed E-state index contributed by atoms with van der Waals surface area (Å²) in [4.78, 5) is 23.8. The van der Waals surface area contributed by atoms with Crippen molar-refractivity contribution in [2.45, 2.75) is 11.3 Å². The molecule has 0 aliphatic heterocycles. The molecule has 0 unspecified atom stereocenters. The quantitative estimate of drug-likeness (QED) is 0.361. The highest BCUT2D eigenvalue weighted by molar-refractivity contribution is 7.98. The molecule has 1 N–H and O–H groups in total. The minimum Gasteiger partial charge on any atom is -0.452 e. The van der Waals surface area contributed by atoms with Crippen molar-refractivity contribution in [3.05, 3.63) is 35.9 Å². The molecule has 0 radical (unpaired) electrons. The van der Waals surface area contributed by atoms with Crippen molar-refractivity contribution in [3.8, 4) is 6.07 Å². The molecule has 0 bridgehead atoms. The monoisotopic (exact) mass is 304 g/mol. The average molecular weight is 304 g/mol. The van der Waals surface area contributed by atoms with E-state index in [9.17, 15) is 9.59 Å². The van der Waals surface area contributed by atoms with Crippen LogP contribution in [0.15, 0.2) is 35.2 Å². The molecule has 0 saturated heterocycles. The normalized spacial score (nSPS) is 10.1. The number of ether oxygens (including phenoxy) is 1. The van der Waals surface area contributed by atoms with Crippen LogP contribution in [-0.2, 0) is 14.3 Å². The minimum absolute atomic E-state index is 0.228. The number of nitrogens with zero attached hydrogens (tertiary/aromatic N) is 1. The zero-order chi connectivity index (χ0) is 15.5. The number of esters is 1. The number of carbonyl (C=O) groups excluding carboxylic acids is 2. The Morgan fingerprint density at radius 3 is 2.71 bits per heavy atom. The molecule has 0 aliphatic carbocycles. The van der Waals surface area contributed by atoms with Gasteiger partial charge in [-0.3, -0.25) is 4.79 Å². The summed E-state index contributed by atoms with van der Waals surface area (Å²) in [6, 6.07) is 9.60. The summed E-state index contributed by atoms with van der Waals surface area (Å²) >= 11 is 1.64. The van der Waals surface area contributed by atoms with E-state index in [-0.39, 0.29) is 19.6 Å². The number of rotatable bonds is 7. The van der Waals surface area contributed by atoms with Gasteiger partial charge in [-0.05, 0) is 30.0 Å². The molecule has 0 saturated carbocycles. The van der Waals surface area contributed by atoms with E-state index in [1.165, 1.54) is 6.08 Å². The lowest BCUT2D eigenvalue weighted by Gasteiger charge is -2.02. The second-order valence-electron chi connectivity index (χ2n) is 3.97. The van der Waals surface area contributed by atoms with Crippen LogP contribution in [0.25, 0.3) is 6.08 Å². The van der Waals surface area contributed by atoms with Gasteiger partial charge in [-0.2, -0.15) is 5.26 Å². The first kappa shape index (κ1) is 16.8. The summed E-state index contributed by atoms with van der Waals surface area (Å²) in [5.41, 5.74) is 0.878. The maximum Gasteiger partial charge on any atom is 0.331 e. The first-order chi connectivity index (χ1) is 10.2. The van der Waals surface area contributed by atoms with Crippen molar-refractivity contribution in [1.82, 2.24) is 5.32 Å². The third-order valence-corrected chi connectivity index (χ3v) is 3.18. The number of nitrogens with one attached hydrogen (secondary N) is 1. The highest BCUT2D eigenvalue weighted by Gasteiger charge is 2.03. The first-order valence-corrected chi connectivity index (χ1v) is 7.50. The van der Waals surface area contributed by atoms with Crippen LogP contribution in [0.2, 0.25) is 0 Å². The number of amides is 1. The number of hydrogen-bond donors (Lipinski definition) is 1. The fourth-order valence-corrected chi connectivity index (χ4v) is 1.78. The average Bonchev–Trinajstić information content (AvgIpc) is 2.51. The Kier molecular flexibility index (Phi) is 7.69. The molecule has 0 spiro atoms. The second kappa shape index (κ2) is 9.61. The largest absolute Gasteiger partial charge is 0.452 e. The van der Waals surface area contributed by atoms with Crippen LogP contribution in [-0.4, -0.2) is 31.3 Å². The van der Waals surface area contributed by atoms with Crippen LogP contribution in [0, 0.1) is 11.3 Å². The molecular weight excluding hydrogens is 288 g/mol. The summed E-state index contributed by atoms with van der Waals surface area (Å²) in [6.45, 7) is -0.0927. The SMILES string of the molecule is CSc1ccc(/C=C/C(=O)OCC(=O)NCCC#N)cc1. The minimum atomic E-state index is -0.584. The van der Waals surface area contributed by atoms with Crippen molar-refractivity contribution in [1.29, 1.82) is 5.26 Å². The van der Waals surface area contributed by atoms with Gasteiger partial charge < -0.3 is 10.1 Å². The van der Waals surface area contributed by atoms with Crippen LogP contribution in [0.3, 0.4) is 0 Å². The lowest BCUT2D eigenvalue weighted by molar-refractivity contribution is -0.143. The van der Waals surface area contributed by atoms with Crippen LogP contribution in [0.5, 0.6) is 0 Å². The predicted molar refractivity (Wildman–Crippen MR) is 81.5 cm³/mol. The Labute approximate surface area is 128 Å². The standard InChI is InChI=1S/C15H16N2O3S/c1-21-13-6-3-12(4-7-13)5-8-15(19)20-11-14(18)17-10-2-9-16/h3-8H,2,10-11H2,1H3,(H,17,18)/b8-5+. The van der Waals surface area contributed by atoms with Crippen LogP contribution >= 0.6 is 11.8 Å². The summed E-state index contributed by atoms with van der Waals surface area (Å²) in [6.07, 6.45) is 5.12. The number of thioether (sulfide) groups is 1. The summed E-state index contributed by atoms with van der Waals surface area (Å²) in [5.74, 6) is -1.00. The number of nitriles is 1. The van der Waals surface area contributed by atoms with E-state index in [2.05, 4.69) is 5.32 Å². The predicted octanol–water partition coefficient (Wildman–Crippen LogP) is 1.99. The van der Waals surface area contributed by atoms with E-state index in [0.29, 0.717) is 0 Å². The summed E-state index contributed by atoms with van der Waals surface area (Å²) in [5, 5.41) is 10.8. The smallest absolute Gasteiger partial charge is 0.331 e. The van der Waals surface area contributed by atoms with Gasteiger partial charge in [-0.15, -0.1) is 11.8 Å². The van der Waals surface area contributed by atoms with Gasteiger partial charge in [0.25, 0.3) is 5.91 Å². The molecule has 6 heteroatoms. The third-order valence-electron chi connectivity index (χ3n) is 2.43. The Bertz CT molecular complexity index is 547. The fraction of sp³-hybridized carbons (Fsp3) is 0.267. The molecule has 1 amide bonds. The van der Waals surface area contributed by atoms with Crippen molar-refractivity contribution in [2.75, 3.05) is 19.4 Å². The molecule has 0 heterocycles. The Balaban J connectivity index is 2.34. The highest BCUT2D eigenvalue weighted by Crippen LogP contribution is 2.15. The Hall–Kier alpha value is -2.26. The molecule has 0 atom stereocenters. The zero-order valence-corrected chi connectivity index (χ0v) is 12.5. The fourth-order valence-electron chi connectivity index (χ4n) is 1.37. The number of hydrogen-bond acceptors (Lipinski definition) is 5. The van der Waals surface area contributed by atoms with Gasteiger partial charge in [0.2, 0.25) is 0 Å². The number of carbonyl (C=O) groups is 2. The van der Waals surface area contributed by atoms with Gasteiger partial charge in [0.1, 0.15) is 0 Å². The van der Waals surface area contributed by atoms with Gasteiger partial charge in [0, 0.05) is 17.5 Å². The van der Waals surface area contributed by atoms with E-state index in [0.717, 1.165) is 10.5 Å². The van der Waals surface area contributed by atoms with Gasteiger partial charge in [0.05, 0.1) is 12.5 Å². The van der Waals surface area contributed by atoms with Crippen molar-refractivity contribution in [3.63, 3.8) is 0 Å². The van der Waals surface area contributed by atoms with Crippen LogP contribution in [0.4, 0.5) is 0 Å². The number of benzene rings is 1. The molecule has 1 rings (SSSR count). The Morgan fingerprint density at radius 2 is 2.10 bits per heavy atom. The van der Waals surface area contributed by atoms with Crippen molar-refractivity contribution in [2.24, 2.45) is 0 Å². The van der Waals surface area contributed by atoms with Gasteiger partial charge in [-0.25, -0.2) is 4.79 Å². The molecular formula is C15H16N2O3S. The molecule has 110 valence electrons. The summed E-state index contributed by atoms with van der Waals surface area (Å²) < 4.78 is 4.78. The van der Waals surface area contributed by atoms with Crippen molar-refractivity contribution < 1.29 is 14.3 Å². The lowest BCUT2D eigenvalue weighted by atomic mass is 10.2. The second-order valence-corrected chi connectivity index (χ2v) is 4.85. The topological polar surface area (TPSA) is 79.2 Å². The highest BCUT2D eigenvalue weighted by atomic mass is 32.2. The van der Waals surface area contributed by atoms with Gasteiger partial charge >= 0.3 is 5.97 Å². The summed E-state index contributed by atoms with van der Waals surface area (Å²) in [7, 11) is 0. The van der Waals surface area contributed by atoms with Crippen LogP contribution in [0.1, 0.15) is 12.0 Å². The van der Waals surface area contributed by atoms with Crippen molar-refractivity contribution >= 4 is 29.7 Å². The molecule has 1 aromatic carbocycles. The zero-order valence-electron chi connectivity index (χ0n) is 11.7. The molecule has 0 aliphatic rings. The lowest BCUT2D eigenvalue weighted by Crippen LogP contribution is -2.29. The third kappa shape index (κ3) is 7.18. The van der Waals surface area contributed by atoms with E-state index in [4.69, 9.17) is 10.00 Å². The molecule has 21 heavy (non-hydrogen) atoms. The maximum absolute atomic E-state index is 11.4.